The van der Waals surface area contributed by atoms with E-state index in [9.17, 15) is 9.59 Å². The van der Waals surface area contributed by atoms with Crippen molar-refractivity contribution >= 4 is 10.9 Å². The van der Waals surface area contributed by atoms with Gasteiger partial charge < -0.3 is 9.55 Å². The van der Waals surface area contributed by atoms with E-state index in [0.29, 0.717) is 28.8 Å². The number of hydrogen-bond acceptors (Lipinski definition) is 5. The first-order valence-corrected chi connectivity index (χ1v) is 8.36. The smallest absolute Gasteiger partial charge is 0.258 e. The fourth-order valence-electron chi connectivity index (χ4n) is 3.47. The molecule has 25 heavy (non-hydrogen) atoms. The van der Waals surface area contributed by atoms with Gasteiger partial charge in [-0.1, -0.05) is 12.1 Å². The van der Waals surface area contributed by atoms with E-state index >= 15 is 0 Å². The van der Waals surface area contributed by atoms with Crippen LogP contribution in [0.15, 0.2) is 46.4 Å². The number of fused-ring (bicyclic) bond motifs is 1. The Morgan fingerprint density at radius 3 is 3.00 bits per heavy atom. The number of H-pyrrole nitrogens is 1. The van der Waals surface area contributed by atoms with Gasteiger partial charge in [-0.25, -0.2) is 9.97 Å². The van der Waals surface area contributed by atoms with Crippen LogP contribution in [0.5, 0.6) is 0 Å². The van der Waals surface area contributed by atoms with Gasteiger partial charge in [0, 0.05) is 25.4 Å². The molecule has 0 spiro atoms. The van der Waals surface area contributed by atoms with Gasteiger partial charge in [-0.15, -0.1) is 0 Å². The predicted octanol–water partition coefficient (Wildman–Crippen LogP) is 1.35. The lowest BCUT2D eigenvalue weighted by Gasteiger charge is -2.23. The van der Waals surface area contributed by atoms with Crippen molar-refractivity contribution in [2.75, 3.05) is 6.54 Å². The molecule has 128 valence electrons. The summed E-state index contributed by atoms with van der Waals surface area (Å²) in [6, 6.07) is 7.34. The molecule has 0 amide bonds. The first-order valence-electron chi connectivity index (χ1n) is 8.36. The molecule has 1 aliphatic heterocycles. The molecule has 1 N–H and O–H groups in total. The van der Waals surface area contributed by atoms with Crippen LogP contribution in [0, 0.1) is 0 Å². The molecule has 7 heteroatoms. The van der Waals surface area contributed by atoms with Crippen molar-refractivity contribution in [3.8, 4) is 0 Å². The van der Waals surface area contributed by atoms with Gasteiger partial charge in [0.2, 0.25) is 0 Å². The van der Waals surface area contributed by atoms with E-state index in [0.717, 1.165) is 19.4 Å². The highest BCUT2D eigenvalue weighted by Gasteiger charge is 2.29. The number of aromatic amines is 1. The third-order valence-electron chi connectivity index (χ3n) is 4.75. The molecule has 1 fully saturated rings. The highest BCUT2D eigenvalue weighted by Crippen LogP contribution is 2.30. The molecule has 1 aromatic carbocycles. The summed E-state index contributed by atoms with van der Waals surface area (Å²) in [5.74, 6) is 0.668. The molecule has 7 nitrogen and oxygen atoms in total. The van der Waals surface area contributed by atoms with Gasteiger partial charge in [-0.2, -0.15) is 0 Å². The van der Waals surface area contributed by atoms with Crippen LogP contribution in [0.3, 0.4) is 0 Å². The van der Waals surface area contributed by atoms with Crippen molar-refractivity contribution in [1.29, 1.82) is 0 Å². The van der Waals surface area contributed by atoms with Gasteiger partial charge in [-0.05, 0) is 31.5 Å². The van der Waals surface area contributed by atoms with E-state index in [2.05, 4.69) is 19.9 Å². The van der Waals surface area contributed by atoms with Gasteiger partial charge in [0.1, 0.15) is 5.82 Å². The fourth-order valence-corrected chi connectivity index (χ4v) is 3.47. The van der Waals surface area contributed by atoms with E-state index in [4.69, 9.17) is 0 Å². The largest absolute Gasteiger partial charge is 0.309 e. The van der Waals surface area contributed by atoms with Crippen molar-refractivity contribution in [3.63, 3.8) is 0 Å². The van der Waals surface area contributed by atoms with E-state index in [1.807, 2.05) is 18.2 Å². The van der Waals surface area contributed by atoms with E-state index in [1.165, 1.54) is 10.9 Å². The molecule has 2 aromatic heterocycles. The summed E-state index contributed by atoms with van der Waals surface area (Å²) in [6.07, 6.45) is 5.04. The van der Waals surface area contributed by atoms with Gasteiger partial charge >= 0.3 is 0 Å². The Morgan fingerprint density at radius 2 is 2.12 bits per heavy atom. The minimum absolute atomic E-state index is 0.00205. The zero-order valence-electron chi connectivity index (χ0n) is 14.0. The summed E-state index contributed by atoms with van der Waals surface area (Å²) in [4.78, 5) is 38.5. The molecule has 1 aliphatic rings. The fraction of sp³-hybridized carbons (Fsp3) is 0.333. The summed E-state index contributed by atoms with van der Waals surface area (Å²) in [5, 5.41) is 0.594. The molecule has 0 bridgehead atoms. The maximum atomic E-state index is 12.3. The van der Waals surface area contributed by atoms with E-state index in [-0.39, 0.29) is 17.2 Å². The van der Waals surface area contributed by atoms with Crippen molar-refractivity contribution in [1.82, 2.24) is 24.4 Å². The van der Waals surface area contributed by atoms with Gasteiger partial charge in [-0.3, -0.25) is 14.5 Å². The molecule has 0 saturated carbocycles. The zero-order chi connectivity index (χ0) is 17.4. The number of para-hydroxylation sites is 1. The first-order chi connectivity index (χ1) is 12.1. The molecule has 0 radical (unpaired) electrons. The molecule has 4 rings (SSSR count). The monoisotopic (exact) mass is 337 g/mol. The predicted molar refractivity (Wildman–Crippen MR) is 94.2 cm³/mol. The summed E-state index contributed by atoms with van der Waals surface area (Å²) in [5.41, 5.74) is 1.19. The van der Waals surface area contributed by atoms with Gasteiger partial charge in [0.15, 0.2) is 0 Å². The minimum atomic E-state index is -0.121. The van der Waals surface area contributed by atoms with Crippen LogP contribution in [0.1, 0.15) is 30.3 Å². The molecule has 1 atom stereocenters. The lowest BCUT2D eigenvalue weighted by Crippen LogP contribution is -2.30. The van der Waals surface area contributed by atoms with Crippen molar-refractivity contribution in [2.24, 2.45) is 7.05 Å². The number of benzene rings is 1. The summed E-state index contributed by atoms with van der Waals surface area (Å²) in [7, 11) is 1.70. The van der Waals surface area contributed by atoms with Crippen LogP contribution in [0.25, 0.3) is 10.9 Å². The molecular weight excluding hydrogens is 318 g/mol. The van der Waals surface area contributed by atoms with Crippen LogP contribution in [-0.4, -0.2) is 31.0 Å². The van der Waals surface area contributed by atoms with Crippen LogP contribution >= 0.6 is 0 Å². The first kappa shape index (κ1) is 15.7. The minimum Gasteiger partial charge on any atom is -0.309 e. The molecular formula is C18H19N5O2. The Labute approximate surface area is 144 Å². The maximum absolute atomic E-state index is 12.3. The Morgan fingerprint density at radius 1 is 1.28 bits per heavy atom. The molecule has 1 saturated heterocycles. The molecule has 3 aromatic rings. The Bertz CT molecular complexity index is 1040. The lowest BCUT2D eigenvalue weighted by atomic mass is 10.1. The topological polar surface area (TPSA) is 83.9 Å². The number of rotatable bonds is 3. The van der Waals surface area contributed by atoms with Crippen LogP contribution in [-0.2, 0) is 13.6 Å². The van der Waals surface area contributed by atoms with Crippen molar-refractivity contribution in [2.45, 2.75) is 25.4 Å². The van der Waals surface area contributed by atoms with Crippen LogP contribution in [0.4, 0.5) is 0 Å². The average molecular weight is 337 g/mol. The molecule has 1 unspecified atom stereocenters. The number of nitrogens with zero attached hydrogens (tertiary/aromatic N) is 4. The SMILES string of the molecule is Cn1cncc(CN2CCCC2c2nc3ccccc3c(=O)[nH]2)c1=O. The average Bonchev–Trinajstić information content (AvgIpc) is 3.07. The number of likely N-dealkylation sites (tertiary alicyclic amines) is 1. The Balaban J connectivity index is 1.69. The quantitative estimate of drug-likeness (QED) is 0.780. The normalized spacial score (nSPS) is 18.0. The number of nitrogens with one attached hydrogen (secondary N) is 1. The molecule has 3 heterocycles. The highest BCUT2D eigenvalue weighted by atomic mass is 16.1. The second-order valence-electron chi connectivity index (χ2n) is 6.43. The van der Waals surface area contributed by atoms with E-state index < -0.39 is 0 Å². The molecule has 0 aliphatic carbocycles. The highest BCUT2D eigenvalue weighted by molar-refractivity contribution is 5.77. The van der Waals surface area contributed by atoms with Crippen molar-refractivity contribution in [3.05, 3.63) is 68.9 Å². The third-order valence-corrected chi connectivity index (χ3v) is 4.75. The van der Waals surface area contributed by atoms with Gasteiger partial charge in [0.05, 0.1) is 23.3 Å². The number of hydrogen-bond donors (Lipinski definition) is 1. The zero-order valence-corrected chi connectivity index (χ0v) is 14.0. The Hall–Kier alpha value is -2.80. The lowest BCUT2D eigenvalue weighted by molar-refractivity contribution is 0.238. The second-order valence-corrected chi connectivity index (χ2v) is 6.43. The van der Waals surface area contributed by atoms with Crippen molar-refractivity contribution < 1.29 is 0 Å². The Kier molecular flexibility index (Phi) is 3.93. The summed E-state index contributed by atoms with van der Waals surface area (Å²) >= 11 is 0. The van der Waals surface area contributed by atoms with Crippen LogP contribution < -0.4 is 11.1 Å². The summed E-state index contributed by atoms with van der Waals surface area (Å²) < 4.78 is 1.48. The van der Waals surface area contributed by atoms with E-state index in [1.54, 1.807) is 19.3 Å². The van der Waals surface area contributed by atoms with Gasteiger partial charge in [0.25, 0.3) is 11.1 Å². The number of aryl methyl sites for hydroxylation is 1. The standard InChI is InChI=1S/C18H19N5O2/c1-22-11-19-9-12(18(22)25)10-23-8-4-7-15(23)16-20-14-6-3-2-5-13(14)17(24)21-16/h2-3,5-6,9,11,15H,4,7-8,10H2,1H3,(H,20,21,24). The number of aromatic nitrogens is 4. The summed E-state index contributed by atoms with van der Waals surface area (Å²) in [6.45, 7) is 1.36. The second kappa shape index (κ2) is 6.25. The maximum Gasteiger partial charge on any atom is 0.258 e. The third kappa shape index (κ3) is 2.87. The van der Waals surface area contributed by atoms with Crippen LogP contribution in [0.2, 0.25) is 0 Å².